The molecule has 2 rings (SSSR count). The van der Waals surface area contributed by atoms with Gasteiger partial charge in [-0.2, -0.15) is 0 Å². The predicted octanol–water partition coefficient (Wildman–Crippen LogP) is 1.12. The van der Waals surface area contributed by atoms with E-state index >= 15 is 0 Å². The molecule has 3 amide bonds. The zero-order valence-electron chi connectivity index (χ0n) is 14.5. The molecule has 0 bridgehead atoms. The highest BCUT2D eigenvalue weighted by molar-refractivity contribution is 6.35. The Bertz CT molecular complexity index is 617. The van der Waals surface area contributed by atoms with Gasteiger partial charge in [0, 0.05) is 19.6 Å². The number of piperazine rings is 1. The van der Waals surface area contributed by atoms with E-state index in [1.54, 1.807) is 0 Å². The van der Waals surface area contributed by atoms with Crippen LogP contribution in [0.3, 0.4) is 0 Å². The highest BCUT2D eigenvalue weighted by Crippen LogP contribution is 2.24. The van der Waals surface area contributed by atoms with Gasteiger partial charge in [-0.1, -0.05) is 37.3 Å². The first kappa shape index (κ1) is 18.0. The summed E-state index contributed by atoms with van der Waals surface area (Å²) in [6.45, 7) is 7.07. The van der Waals surface area contributed by atoms with Crippen LogP contribution >= 0.6 is 0 Å². The van der Waals surface area contributed by atoms with E-state index in [0.717, 1.165) is 12.0 Å². The third-order valence-electron chi connectivity index (χ3n) is 4.65. The maximum absolute atomic E-state index is 12.4. The van der Waals surface area contributed by atoms with Gasteiger partial charge in [-0.05, 0) is 25.8 Å². The normalized spacial score (nSPS) is 17.6. The van der Waals surface area contributed by atoms with Crippen LogP contribution in [-0.2, 0) is 19.9 Å². The van der Waals surface area contributed by atoms with Crippen LogP contribution in [0.5, 0.6) is 0 Å². The van der Waals surface area contributed by atoms with Crippen molar-refractivity contribution >= 4 is 17.7 Å². The Labute approximate surface area is 142 Å². The largest absolute Gasteiger partial charge is 0.345 e. The summed E-state index contributed by atoms with van der Waals surface area (Å²) in [5.41, 5.74) is 0.510. The molecule has 1 fully saturated rings. The number of hydrogen-bond acceptors (Lipinski definition) is 3. The molecule has 0 unspecified atom stereocenters. The molecule has 0 radical (unpaired) electrons. The molecule has 6 nitrogen and oxygen atoms in total. The Morgan fingerprint density at radius 3 is 2.25 bits per heavy atom. The van der Waals surface area contributed by atoms with Gasteiger partial charge < -0.3 is 15.1 Å². The van der Waals surface area contributed by atoms with E-state index < -0.39 is 17.4 Å². The van der Waals surface area contributed by atoms with E-state index in [1.165, 1.54) is 9.80 Å². The molecule has 1 aliphatic rings. The molecule has 130 valence electrons. The van der Waals surface area contributed by atoms with Crippen LogP contribution < -0.4 is 5.32 Å². The molecule has 24 heavy (non-hydrogen) atoms. The minimum absolute atomic E-state index is 0.0927. The lowest BCUT2D eigenvalue weighted by Crippen LogP contribution is -2.57. The number of carbonyl (C=O) groups is 3. The fourth-order valence-corrected chi connectivity index (χ4v) is 2.86. The Morgan fingerprint density at radius 1 is 1.08 bits per heavy atom. The number of likely N-dealkylation sites (N-methyl/N-ethyl adjacent to an activating group) is 1. The van der Waals surface area contributed by atoms with Crippen LogP contribution in [0.25, 0.3) is 0 Å². The average Bonchev–Trinajstić information content (AvgIpc) is 2.60. The molecule has 1 heterocycles. The summed E-state index contributed by atoms with van der Waals surface area (Å²) < 4.78 is 0. The maximum atomic E-state index is 12.4. The van der Waals surface area contributed by atoms with Crippen LogP contribution in [0.4, 0.5) is 0 Å². The number of benzene rings is 1. The third-order valence-corrected chi connectivity index (χ3v) is 4.65. The SMILES string of the molecule is CCN1CCN(CC(=O)N[C@@](C)(CC)c2ccccc2)C(=O)C1=O. The zero-order valence-corrected chi connectivity index (χ0v) is 14.5. The minimum atomic E-state index is -0.601. The summed E-state index contributed by atoms with van der Waals surface area (Å²) in [5.74, 6) is -1.39. The van der Waals surface area contributed by atoms with E-state index in [9.17, 15) is 14.4 Å². The van der Waals surface area contributed by atoms with Gasteiger partial charge in [0.25, 0.3) is 0 Å². The van der Waals surface area contributed by atoms with Gasteiger partial charge in [0.1, 0.15) is 6.54 Å². The molecule has 6 heteroatoms. The molecular formula is C18H25N3O3. The third kappa shape index (κ3) is 3.75. The molecule has 1 aromatic rings. The van der Waals surface area contributed by atoms with Crippen molar-refractivity contribution in [3.8, 4) is 0 Å². The van der Waals surface area contributed by atoms with E-state index in [-0.39, 0.29) is 12.5 Å². The van der Waals surface area contributed by atoms with Crippen molar-refractivity contribution in [2.45, 2.75) is 32.7 Å². The first-order chi connectivity index (χ1) is 11.4. The maximum Gasteiger partial charge on any atom is 0.312 e. The minimum Gasteiger partial charge on any atom is -0.345 e. The van der Waals surface area contributed by atoms with Crippen molar-refractivity contribution in [3.05, 3.63) is 35.9 Å². The monoisotopic (exact) mass is 331 g/mol. The van der Waals surface area contributed by atoms with Gasteiger partial charge in [-0.25, -0.2) is 0 Å². The van der Waals surface area contributed by atoms with Crippen molar-refractivity contribution in [3.63, 3.8) is 0 Å². The second-order valence-electron chi connectivity index (χ2n) is 6.21. The summed E-state index contributed by atoms with van der Waals surface area (Å²) in [6.07, 6.45) is 0.721. The van der Waals surface area contributed by atoms with Crippen LogP contribution in [-0.4, -0.2) is 53.7 Å². The molecule has 0 aromatic heterocycles. The van der Waals surface area contributed by atoms with Gasteiger partial charge in [0.2, 0.25) is 5.91 Å². The van der Waals surface area contributed by atoms with E-state index in [4.69, 9.17) is 0 Å². The number of rotatable bonds is 6. The highest BCUT2D eigenvalue weighted by atomic mass is 16.2. The van der Waals surface area contributed by atoms with Crippen LogP contribution in [0.1, 0.15) is 32.8 Å². The van der Waals surface area contributed by atoms with Gasteiger partial charge in [-0.3, -0.25) is 14.4 Å². The number of nitrogens with zero attached hydrogens (tertiary/aromatic N) is 2. The van der Waals surface area contributed by atoms with Crippen molar-refractivity contribution in [2.24, 2.45) is 0 Å². The van der Waals surface area contributed by atoms with Gasteiger partial charge in [-0.15, -0.1) is 0 Å². The molecule has 1 aromatic carbocycles. The molecule has 1 atom stereocenters. The van der Waals surface area contributed by atoms with Crippen molar-refractivity contribution < 1.29 is 14.4 Å². The van der Waals surface area contributed by atoms with Crippen LogP contribution in [0, 0.1) is 0 Å². The Balaban J connectivity index is 2.02. The smallest absolute Gasteiger partial charge is 0.312 e. The Morgan fingerprint density at radius 2 is 1.67 bits per heavy atom. The second kappa shape index (κ2) is 7.47. The van der Waals surface area contributed by atoms with E-state index in [2.05, 4.69) is 5.32 Å². The first-order valence-electron chi connectivity index (χ1n) is 8.36. The fraction of sp³-hybridized carbons (Fsp3) is 0.500. The summed E-state index contributed by atoms with van der Waals surface area (Å²) in [5, 5.41) is 3.01. The molecule has 0 saturated carbocycles. The summed E-state index contributed by atoms with van der Waals surface area (Å²) in [4.78, 5) is 39.3. The van der Waals surface area contributed by atoms with E-state index in [0.29, 0.717) is 19.6 Å². The number of carbonyl (C=O) groups excluding carboxylic acids is 3. The average molecular weight is 331 g/mol. The second-order valence-corrected chi connectivity index (χ2v) is 6.21. The summed E-state index contributed by atoms with van der Waals surface area (Å²) >= 11 is 0. The first-order valence-corrected chi connectivity index (χ1v) is 8.36. The molecule has 1 aliphatic heterocycles. The van der Waals surface area contributed by atoms with Crippen molar-refractivity contribution in [1.29, 1.82) is 0 Å². The van der Waals surface area contributed by atoms with Crippen LogP contribution in [0.2, 0.25) is 0 Å². The number of amides is 3. The lowest BCUT2D eigenvalue weighted by molar-refractivity contribution is -0.156. The highest BCUT2D eigenvalue weighted by Gasteiger charge is 2.34. The zero-order chi connectivity index (χ0) is 17.7. The Hall–Kier alpha value is -2.37. The van der Waals surface area contributed by atoms with E-state index in [1.807, 2.05) is 51.1 Å². The lowest BCUT2D eigenvalue weighted by atomic mass is 9.89. The van der Waals surface area contributed by atoms with Crippen molar-refractivity contribution in [2.75, 3.05) is 26.2 Å². The number of nitrogens with one attached hydrogen (secondary N) is 1. The molecule has 1 N–H and O–H groups in total. The molecular weight excluding hydrogens is 306 g/mol. The quantitative estimate of drug-likeness (QED) is 0.794. The topological polar surface area (TPSA) is 69.7 Å². The Kier molecular flexibility index (Phi) is 5.59. The fourth-order valence-electron chi connectivity index (χ4n) is 2.86. The standard InChI is InChI=1S/C18H25N3O3/c1-4-18(3,14-9-7-6-8-10-14)19-15(22)13-21-12-11-20(5-2)16(23)17(21)24/h6-10H,4-5,11-13H2,1-3H3,(H,19,22)/t18-/m0/s1. The van der Waals surface area contributed by atoms with Crippen LogP contribution in [0.15, 0.2) is 30.3 Å². The molecule has 0 spiro atoms. The molecule has 0 aliphatic carbocycles. The summed E-state index contributed by atoms with van der Waals surface area (Å²) in [6, 6.07) is 9.74. The van der Waals surface area contributed by atoms with Gasteiger partial charge in [0.05, 0.1) is 5.54 Å². The molecule has 1 saturated heterocycles. The summed E-state index contributed by atoms with van der Waals surface area (Å²) in [7, 11) is 0. The van der Waals surface area contributed by atoms with Gasteiger partial charge in [0.15, 0.2) is 0 Å². The predicted molar refractivity (Wildman–Crippen MR) is 91.1 cm³/mol. The lowest BCUT2D eigenvalue weighted by Gasteiger charge is -2.35. The number of hydrogen-bond donors (Lipinski definition) is 1. The van der Waals surface area contributed by atoms with Gasteiger partial charge >= 0.3 is 11.8 Å². The van der Waals surface area contributed by atoms with Crippen molar-refractivity contribution in [1.82, 2.24) is 15.1 Å².